The maximum atomic E-state index is 10.9. The van der Waals surface area contributed by atoms with Crippen LogP contribution in [0.5, 0.6) is 0 Å². The predicted octanol–water partition coefficient (Wildman–Crippen LogP) is -2.03. The maximum absolute atomic E-state index is 10.9. The van der Waals surface area contributed by atoms with Crippen LogP contribution in [0.25, 0.3) is 0 Å². The van der Waals surface area contributed by atoms with E-state index in [2.05, 4.69) is 0 Å². The molecule has 0 heterocycles. The van der Waals surface area contributed by atoms with Gasteiger partial charge >= 0.3 is 29.6 Å². The summed E-state index contributed by atoms with van der Waals surface area (Å²) >= 11 is 0. The molecular weight excluding hydrogens is 225 g/mol. The van der Waals surface area contributed by atoms with E-state index in [1.54, 1.807) is 38.1 Å². The topological polar surface area (TPSA) is 60.4 Å². The summed E-state index contributed by atoms with van der Waals surface area (Å²) in [5.41, 5.74) is 1.18. The quantitative estimate of drug-likeness (QED) is 0.439. The molecular formula is C9H12NNaO3S. The Morgan fingerprint density at radius 1 is 1.27 bits per heavy atom. The van der Waals surface area contributed by atoms with Crippen molar-refractivity contribution in [1.29, 1.82) is 0 Å². The van der Waals surface area contributed by atoms with E-state index in [4.69, 9.17) is 0 Å². The van der Waals surface area contributed by atoms with E-state index >= 15 is 0 Å². The van der Waals surface area contributed by atoms with Crippen molar-refractivity contribution in [2.45, 2.75) is 11.8 Å². The van der Waals surface area contributed by atoms with Crippen molar-refractivity contribution < 1.29 is 42.5 Å². The summed E-state index contributed by atoms with van der Waals surface area (Å²) in [7, 11) is -0.799. The van der Waals surface area contributed by atoms with E-state index < -0.39 is 10.1 Å². The zero-order valence-corrected chi connectivity index (χ0v) is 12.1. The first kappa shape index (κ1) is 14.9. The van der Waals surface area contributed by atoms with Crippen molar-refractivity contribution in [3.8, 4) is 0 Å². The molecule has 0 saturated carbocycles. The summed E-state index contributed by atoms with van der Waals surface area (Å²) < 4.78 is 32.6. The van der Waals surface area contributed by atoms with Crippen LogP contribution in [-0.2, 0) is 10.1 Å². The molecule has 0 aliphatic heterocycles. The average molecular weight is 237 g/mol. The number of aryl methyl sites for hydroxylation is 1. The van der Waals surface area contributed by atoms with Gasteiger partial charge in [-0.15, -0.1) is 0 Å². The zero-order valence-electron chi connectivity index (χ0n) is 9.31. The molecule has 0 unspecified atom stereocenters. The molecule has 0 spiro atoms. The van der Waals surface area contributed by atoms with Crippen LogP contribution in [0, 0.1) is 6.92 Å². The zero-order chi connectivity index (χ0) is 10.9. The fourth-order valence-corrected chi connectivity index (χ4v) is 1.86. The molecule has 1 aromatic rings. The number of nitrogens with zero attached hydrogens (tertiary/aromatic N) is 1. The normalized spacial score (nSPS) is 10.7. The van der Waals surface area contributed by atoms with Crippen LogP contribution < -0.4 is 34.5 Å². The van der Waals surface area contributed by atoms with Gasteiger partial charge in [0, 0.05) is 19.8 Å². The van der Waals surface area contributed by atoms with E-state index in [1.165, 1.54) is 6.07 Å². The molecule has 0 aromatic heterocycles. The van der Waals surface area contributed by atoms with Gasteiger partial charge < -0.3 is 9.45 Å². The van der Waals surface area contributed by atoms with Crippen LogP contribution in [0.1, 0.15) is 5.56 Å². The first-order valence-corrected chi connectivity index (χ1v) is 5.47. The summed E-state index contributed by atoms with van der Waals surface area (Å²) in [6.07, 6.45) is 0. The van der Waals surface area contributed by atoms with Crippen molar-refractivity contribution in [3.63, 3.8) is 0 Å². The number of anilines is 1. The molecule has 4 nitrogen and oxygen atoms in total. The third-order valence-electron chi connectivity index (χ3n) is 1.96. The smallest absolute Gasteiger partial charge is 0.744 e. The Kier molecular flexibility index (Phi) is 5.29. The molecule has 0 amide bonds. The molecule has 0 bridgehead atoms. The first-order chi connectivity index (χ1) is 6.32. The van der Waals surface area contributed by atoms with Gasteiger partial charge in [0.2, 0.25) is 0 Å². The maximum Gasteiger partial charge on any atom is 1.00 e. The summed E-state index contributed by atoms with van der Waals surface area (Å²) in [5, 5.41) is 0. The van der Waals surface area contributed by atoms with E-state index in [0.29, 0.717) is 11.3 Å². The number of rotatable bonds is 2. The first-order valence-electron chi connectivity index (χ1n) is 4.06. The van der Waals surface area contributed by atoms with Crippen molar-refractivity contribution in [2.75, 3.05) is 19.0 Å². The standard InChI is InChI=1S/C9H13NO3S.Na/c1-7-4-5-8(10(2)3)6-9(7)14(11,12)13;/h4-6H,1-3H3,(H,11,12,13);/q;+1/p-1. The van der Waals surface area contributed by atoms with Gasteiger partial charge in [0.1, 0.15) is 10.1 Å². The van der Waals surface area contributed by atoms with Gasteiger partial charge in [-0.05, 0) is 24.6 Å². The van der Waals surface area contributed by atoms with Crippen LogP contribution in [0.3, 0.4) is 0 Å². The van der Waals surface area contributed by atoms with E-state index in [-0.39, 0.29) is 34.5 Å². The van der Waals surface area contributed by atoms with Crippen LogP contribution in [0.4, 0.5) is 5.69 Å². The third-order valence-corrected chi connectivity index (χ3v) is 2.94. The number of hydrogen-bond acceptors (Lipinski definition) is 4. The predicted molar refractivity (Wildman–Crippen MR) is 53.5 cm³/mol. The van der Waals surface area contributed by atoms with Crippen molar-refractivity contribution in [2.24, 2.45) is 0 Å². The minimum atomic E-state index is -4.37. The van der Waals surface area contributed by atoms with Gasteiger partial charge in [-0.1, -0.05) is 6.07 Å². The summed E-state index contributed by atoms with van der Waals surface area (Å²) in [6, 6.07) is 4.78. The summed E-state index contributed by atoms with van der Waals surface area (Å²) in [5.74, 6) is 0. The van der Waals surface area contributed by atoms with Crippen LogP contribution in [-0.4, -0.2) is 27.1 Å². The molecule has 1 aromatic carbocycles. The second-order valence-corrected chi connectivity index (χ2v) is 4.65. The molecule has 6 heteroatoms. The molecule has 0 saturated heterocycles. The van der Waals surface area contributed by atoms with Crippen molar-refractivity contribution in [1.82, 2.24) is 0 Å². The van der Waals surface area contributed by atoms with Crippen LogP contribution >= 0.6 is 0 Å². The van der Waals surface area contributed by atoms with Gasteiger partial charge in [-0.2, -0.15) is 0 Å². The Morgan fingerprint density at radius 3 is 2.20 bits per heavy atom. The van der Waals surface area contributed by atoms with E-state index in [0.717, 1.165) is 0 Å². The minimum absolute atomic E-state index is 0. The Morgan fingerprint density at radius 2 is 1.80 bits per heavy atom. The SMILES string of the molecule is Cc1ccc(N(C)C)cc1S(=O)(=O)[O-].[Na+]. The molecule has 0 aliphatic rings. The fraction of sp³-hybridized carbons (Fsp3) is 0.333. The summed E-state index contributed by atoms with van der Waals surface area (Å²) in [4.78, 5) is 1.59. The minimum Gasteiger partial charge on any atom is -0.744 e. The largest absolute Gasteiger partial charge is 1.00 e. The molecule has 0 atom stereocenters. The molecule has 15 heavy (non-hydrogen) atoms. The second kappa shape index (κ2) is 5.32. The van der Waals surface area contributed by atoms with Crippen LogP contribution in [0.15, 0.2) is 23.1 Å². The Bertz CT molecular complexity index is 443. The Balaban J connectivity index is 0.00000196. The number of benzene rings is 1. The van der Waals surface area contributed by atoms with Crippen molar-refractivity contribution in [3.05, 3.63) is 23.8 Å². The van der Waals surface area contributed by atoms with Crippen molar-refractivity contribution >= 4 is 15.8 Å². The molecule has 1 rings (SSSR count). The molecule has 0 N–H and O–H groups in total. The average Bonchev–Trinajstić information content (AvgIpc) is 2.02. The monoisotopic (exact) mass is 237 g/mol. The van der Waals surface area contributed by atoms with Gasteiger partial charge in [0.15, 0.2) is 0 Å². The fourth-order valence-electron chi connectivity index (χ4n) is 1.14. The molecule has 0 radical (unpaired) electrons. The molecule has 0 aliphatic carbocycles. The third kappa shape index (κ3) is 3.77. The van der Waals surface area contributed by atoms with Gasteiger partial charge in [-0.3, -0.25) is 0 Å². The second-order valence-electron chi connectivity index (χ2n) is 3.30. The van der Waals surface area contributed by atoms with E-state index in [9.17, 15) is 13.0 Å². The Hall–Kier alpha value is -0.0700. The summed E-state index contributed by atoms with van der Waals surface area (Å²) in [6.45, 7) is 1.60. The van der Waals surface area contributed by atoms with Gasteiger partial charge in [0.05, 0.1) is 4.90 Å². The van der Waals surface area contributed by atoms with Gasteiger partial charge in [0.25, 0.3) is 0 Å². The Labute approximate surface area is 112 Å². The number of hydrogen-bond donors (Lipinski definition) is 0. The molecule has 78 valence electrons. The van der Waals surface area contributed by atoms with E-state index in [1.807, 2.05) is 0 Å². The van der Waals surface area contributed by atoms with Crippen LogP contribution in [0.2, 0.25) is 0 Å². The van der Waals surface area contributed by atoms with Gasteiger partial charge in [-0.25, -0.2) is 8.42 Å². The molecule has 0 fully saturated rings.